The molecule has 0 amide bonds. The van der Waals surface area contributed by atoms with Gasteiger partial charge < -0.3 is 19.7 Å². The molecule has 2 rings (SSSR count). The summed E-state index contributed by atoms with van der Waals surface area (Å²) in [7, 11) is 5.81. The van der Waals surface area contributed by atoms with Crippen molar-refractivity contribution in [1.29, 1.82) is 0 Å². The van der Waals surface area contributed by atoms with Gasteiger partial charge in [0.2, 0.25) is 0 Å². The van der Waals surface area contributed by atoms with Crippen molar-refractivity contribution in [3.8, 4) is 11.5 Å². The van der Waals surface area contributed by atoms with Crippen LogP contribution < -0.4 is 14.8 Å². The Labute approximate surface area is 179 Å². The van der Waals surface area contributed by atoms with E-state index < -0.39 is 0 Å². The standard InChI is InChI=1S/C20H25BrCl2N2O2/c1-25(2)8-4-7-24-12-15-10-19(26-3)20(11-16(15)21)27-13-14-5-6-17(22)18(23)9-14/h5-6,9-11,24H,4,7-8,12-13H2,1-3H3. The summed E-state index contributed by atoms with van der Waals surface area (Å²) in [6.07, 6.45) is 1.10. The molecule has 0 bridgehead atoms. The van der Waals surface area contributed by atoms with Crippen molar-refractivity contribution in [2.24, 2.45) is 0 Å². The summed E-state index contributed by atoms with van der Waals surface area (Å²) in [6, 6.07) is 9.39. The predicted octanol–water partition coefficient (Wildman–Crippen LogP) is 5.38. The summed E-state index contributed by atoms with van der Waals surface area (Å²) in [4.78, 5) is 2.18. The maximum atomic E-state index is 6.06. The van der Waals surface area contributed by atoms with E-state index in [0.717, 1.165) is 41.7 Å². The lowest BCUT2D eigenvalue weighted by Crippen LogP contribution is -2.21. The van der Waals surface area contributed by atoms with Gasteiger partial charge in [0.25, 0.3) is 0 Å². The largest absolute Gasteiger partial charge is 0.493 e. The van der Waals surface area contributed by atoms with Gasteiger partial charge in [-0.1, -0.05) is 45.2 Å². The Hall–Kier alpha value is -0.980. The van der Waals surface area contributed by atoms with Crippen LogP contribution in [-0.4, -0.2) is 39.2 Å². The average Bonchev–Trinajstić information content (AvgIpc) is 2.63. The van der Waals surface area contributed by atoms with E-state index in [0.29, 0.717) is 28.2 Å². The molecule has 0 saturated carbocycles. The first-order valence-corrected chi connectivity index (χ1v) is 10.2. The third kappa shape index (κ3) is 7.16. The molecule has 0 unspecified atom stereocenters. The second-order valence-corrected chi connectivity index (χ2v) is 8.13. The minimum atomic E-state index is 0.377. The Morgan fingerprint density at radius 1 is 1.07 bits per heavy atom. The molecule has 0 aromatic heterocycles. The van der Waals surface area contributed by atoms with E-state index in [1.807, 2.05) is 18.2 Å². The molecule has 4 nitrogen and oxygen atoms in total. The summed E-state index contributed by atoms with van der Waals surface area (Å²) in [5.74, 6) is 1.37. The molecule has 0 radical (unpaired) electrons. The van der Waals surface area contributed by atoms with Crippen LogP contribution in [0.25, 0.3) is 0 Å². The Morgan fingerprint density at radius 2 is 1.85 bits per heavy atom. The minimum absolute atomic E-state index is 0.377. The van der Waals surface area contributed by atoms with Crippen LogP contribution in [0.4, 0.5) is 0 Å². The fourth-order valence-corrected chi connectivity index (χ4v) is 3.30. The van der Waals surface area contributed by atoms with Crippen LogP contribution in [-0.2, 0) is 13.2 Å². The van der Waals surface area contributed by atoms with Crippen LogP contribution in [0, 0.1) is 0 Å². The van der Waals surface area contributed by atoms with Crippen LogP contribution in [0.1, 0.15) is 17.5 Å². The highest BCUT2D eigenvalue weighted by molar-refractivity contribution is 9.10. The zero-order valence-electron chi connectivity index (χ0n) is 15.8. The fourth-order valence-electron chi connectivity index (χ4n) is 2.52. The van der Waals surface area contributed by atoms with E-state index >= 15 is 0 Å². The molecule has 2 aromatic carbocycles. The molecule has 1 N–H and O–H groups in total. The molecule has 0 heterocycles. The first-order chi connectivity index (χ1) is 12.9. The van der Waals surface area contributed by atoms with Gasteiger partial charge in [-0.2, -0.15) is 0 Å². The third-order valence-electron chi connectivity index (χ3n) is 3.99. The molecule has 0 spiro atoms. The molecule has 2 aromatic rings. The van der Waals surface area contributed by atoms with Gasteiger partial charge in [0.05, 0.1) is 17.2 Å². The first kappa shape index (κ1) is 22.3. The van der Waals surface area contributed by atoms with Crippen LogP contribution in [0.15, 0.2) is 34.8 Å². The Morgan fingerprint density at radius 3 is 2.52 bits per heavy atom. The molecular weight excluding hydrogens is 451 g/mol. The number of hydrogen-bond donors (Lipinski definition) is 1. The molecule has 7 heteroatoms. The van der Waals surface area contributed by atoms with E-state index in [4.69, 9.17) is 32.7 Å². The van der Waals surface area contributed by atoms with Gasteiger partial charge in [0, 0.05) is 11.0 Å². The van der Waals surface area contributed by atoms with Gasteiger partial charge >= 0.3 is 0 Å². The van der Waals surface area contributed by atoms with Gasteiger partial charge in [-0.15, -0.1) is 0 Å². The molecule has 0 aliphatic rings. The van der Waals surface area contributed by atoms with E-state index in [1.165, 1.54) is 0 Å². The third-order valence-corrected chi connectivity index (χ3v) is 5.46. The molecule has 0 saturated heterocycles. The van der Waals surface area contributed by atoms with Crippen molar-refractivity contribution >= 4 is 39.1 Å². The minimum Gasteiger partial charge on any atom is -0.493 e. The molecule has 0 aliphatic heterocycles. The summed E-state index contributed by atoms with van der Waals surface area (Å²) in [5, 5.41) is 4.50. The van der Waals surface area contributed by atoms with E-state index in [9.17, 15) is 0 Å². The Balaban J connectivity index is 1.98. The van der Waals surface area contributed by atoms with Crippen molar-refractivity contribution in [3.63, 3.8) is 0 Å². The Kier molecular flexibility index (Phi) is 9.19. The van der Waals surface area contributed by atoms with Gasteiger partial charge in [-0.3, -0.25) is 0 Å². The van der Waals surface area contributed by atoms with E-state index in [2.05, 4.69) is 40.2 Å². The number of nitrogens with zero attached hydrogens (tertiary/aromatic N) is 1. The number of halogens is 3. The number of methoxy groups -OCH3 is 1. The number of ether oxygens (including phenoxy) is 2. The average molecular weight is 476 g/mol. The second-order valence-electron chi connectivity index (χ2n) is 6.47. The zero-order chi connectivity index (χ0) is 19.8. The monoisotopic (exact) mass is 474 g/mol. The molecule has 0 fully saturated rings. The number of benzene rings is 2. The normalized spacial score (nSPS) is 11.1. The van der Waals surface area contributed by atoms with Crippen LogP contribution in [0.3, 0.4) is 0 Å². The van der Waals surface area contributed by atoms with Crippen LogP contribution >= 0.6 is 39.1 Å². The van der Waals surface area contributed by atoms with Crippen molar-refractivity contribution in [2.45, 2.75) is 19.6 Å². The van der Waals surface area contributed by atoms with Crippen molar-refractivity contribution in [3.05, 3.63) is 56.0 Å². The van der Waals surface area contributed by atoms with Gasteiger partial charge in [-0.05, 0) is 69.0 Å². The maximum absolute atomic E-state index is 6.06. The molecular formula is C20H25BrCl2N2O2. The van der Waals surface area contributed by atoms with Crippen LogP contribution in [0.5, 0.6) is 11.5 Å². The highest BCUT2D eigenvalue weighted by Crippen LogP contribution is 2.34. The van der Waals surface area contributed by atoms with Gasteiger partial charge in [-0.25, -0.2) is 0 Å². The highest BCUT2D eigenvalue weighted by atomic mass is 79.9. The Bertz CT molecular complexity index is 757. The first-order valence-electron chi connectivity index (χ1n) is 8.69. The molecule has 0 aliphatic carbocycles. The smallest absolute Gasteiger partial charge is 0.162 e. The lowest BCUT2D eigenvalue weighted by atomic mass is 10.2. The fraction of sp³-hybridized carbons (Fsp3) is 0.400. The summed E-state index contributed by atoms with van der Waals surface area (Å²) in [5.41, 5.74) is 2.06. The quantitative estimate of drug-likeness (QED) is 0.467. The van der Waals surface area contributed by atoms with Gasteiger partial charge in [0.1, 0.15) is 6.61 Å². The lowest BCUT2D eigenvalue weighted by Gasteiger charge is -2.15. The zero-order valence-corrected chi connectivity index (χ0v) is 18.9. The van der Waals surface area contributed by atoms with Crippen LogP contribution in [0.2, 0.25) is 10.0 Å². The van der Waals surface area contributed by atoms with Gasteiger partial charge in [0.15, 0.2) is 11.5 Å². The number of rotatable bonds is 10. The van der Waals surface area contributed by atoms with Crippen molar-refractivity contribution in [2.75, 3.05) is 34.3 Å². The lowest BCUT2D eigenvalue weighted by molar-refractivity contribution is 0.284. The van der Waals surface area contributed by atoms with E-state index in [-0.39, 0.29) is 0 Å². The summed E-state index contributed by atoms with van der Waals surface area (Å²) < 4.78 is 12.4. The van der Waals surface area contributed by atoms with Crippen molar-refractivity contribution < 1.29 is 9.47 Å². The predicted molar refractivity (Wildman–Crippen MR) is 116 cm³/mol. The summed E-state index contributed by atoms with van der Waals surface area (Å²) >= 11 is 15.6. The molecule has 148 valence electrons. The van der Waals surface area contributed by atoms with Crippen molar-refractivity contribution in [1.82, 2.24) is 10.2 Å². The van der Waals surface area contributed by atoms with E-state index in [1.54, 1.807) is 19.2 Å². The molecule has 27 heavy (non-hydrogen) atoms. The SMILES string of the molecule is COc1cc(CNCCCN(C)C)c(Br)cc1OCc1ccc(Cl)c(Cl)c1. The topological polar surface area (TPSA) is 33.7 Å². The summed E-state index contributed by atoms with van der Waals surface area (Å²) in [6.45, 7) is 3.17. The maximum Gasteiger partial charge on any atom is 0.162 e. The number of nitrogens with one attached hydrogen (secondary N) is 1. The number of hydrogen-bond acceptors (Lipinski definition) is 4. The molecule has 0 atom stereocenters. The highest BCUT2D eigenvalue weighted by Gasteiger charge is 2.11. The second kappa shape index (κ2) is 11.1.